The molecule has 0 spiro atoms. The highest BCUT2D eigenvalue weighted by atomic mass is 16.4. The van der Waals surface area contributed by atoms with Gasteiger partial charge in [0.2, 0.25) is 23.6 Å². The van der Waals surface area contributed by atoms with Crippen molar-refractivity contribution in [3.05, 3.63) is 0 Å². The molecule has 4 amide bonds. The molecule has 0 aromatic heterocycles. The van der Waals surface area contributed by atoms with E-state index >= 15 is 0 Å². The molecule has 4 unspecified atom stereocenters. The van der Waals surface area contributed by atoms with Crippen LogP contribution in [0.1, 0.15) is 59.8 Å². The van der Waals surface area contributed by atoms with Crippen molar-refractivity contribution in [2.45, 2.75) is 84.0 Å². The first kappa shape index (κ1) is 30.8. The van der Waals surface area contributed by atoms with Crippen LogP contribution in [0.3, 0.4) is 0 Å². The van der Waals surface area contributed by atoms with Crippen molar-refractivity contribution >= 4 is 35.6 Å². The summed E-state index contributed by atoms with van der Waals surface area (Å²) in [4.78, 5) is 71.4. The lowest BCUT2D eigenvalue weighted by molar-refractivity contribution is -0.142. The fourth-order valence-electron chi connectivity index (χ4n) is 2.90. The molecular formula is C21H37N5O8. The third kappa shape index (κ3) is 12.1. The zero-order chi connectivity index (χ0) is 26.6. The van der Waals surface area contributed by atoms with Gasteiger partial charge in [0.15, 0.2) is 0 Å². The summed E-state index contributed by atoms with van der Waals surface area (Å²) in [5.41, 5.74) is 10.8. The summed E-state index contributed by atoms with van der Waals surface area (Å²) < 4.78 is 0. The molecule has 0 aliphatic rings. The van der Waals surface area contributed by atoms with E-state index in [-0.39, 0.29) is 37.5 Å². The molecule has 34 heavy (non-hydrogen) atoms. The van der Waals surface area contributed by atoms with Crippen LogP contribution in [0.5, 0.6) is 0 Å². The molecule has 194 valence electrons. The Morgan fingerprint density at radius 1 is 0.735 bits per heavy atom. The monoisotopic (exact) mass is 487 g/mol. The van der Waals surface area contributed by atoms with E-state index in [9.17, 15) is 33.9 Å². The van der Waals surface area contributed by atoms with Crippen LogP contribution in [0.15, 0.2) is 0 Å². The van der Waals surface area contributed by atoms with Crippen LogP contribution < -0.4 is 27.4 Å². The third-order valence-electron chi connectivity index (χ3n) is 4.93. The van der Waals surface area contributed by atoms with Crippen LogP contribution >= 0.6 is 0 Å². The van der Waals surface area contributed by atoms with Gasteiger partial charge in [-0.1, -0.05) is 27.7 Å². The van der Waals surface area contributed by atoms with E-state index < -0.39 is 66.2 Å². The molecule has 0 bridgehead atoms. The maximum Gasteiger partial charge on any atom is 0.326 e. The van der Waals surface area contributed by atoms with E-state index in [1.165, 1.54) is 0 Å². The number of hydrogen-bond donors (Lipinski definition) is 7. The lowest BCUT2D eigenvalue weighted by Gasteiger charge is -2.26. The normalized spacial score (nSPS) is 14.6. The number of carboxylic acids is 2. The van der Waals surface area contributed by atoms with E-state index in [2.05, 4.69) is 16.0 Å². The molecule has 0 saturated carbocycles. The molecule has 13 heteroatoms. The summed E-state index contributed by atoms with van der Waals surface area (Å²) in [6, 6.07) is -4.79. The summed E-state index contributed by atoms with van der Waals surface area (Å²) in [7, 11) is 0. The van der Waals surface area contributed by atoms with Gasteiger partial charge in [0, 0.05) is 12.8 Å². The highest BCUT2D eigenvalue weighted by Crippen LogP contribution is 2.09. The molecule has 0 aliphatic carbocycles. The molecule has 0 aromatic carbocycles. The smallest absolute Gasteiger partial charge is 0.326 e. The zero-order valence-electron chi connectivity index (χ0n) is 20.0. The molecule has 13 nitrogen and oxygen atoms in total. The Balaban J connectivity index is 5.57. The molecule has 0 saturated heterocycles. The van der Waals surface area contributed by atoms with Gasteiger partial charge in [-0.25, -0.2) is 4.79 Å². The lowest BCUT2D eigenvalue weighted by atomic mass is 10.0. The molecule has 0 aromatic rings. The summed E-state index contributed by atoms with van der Waals surface area (Å²) in [5, 5.41) is 25.5. The predicted molar refractivity (Wildman–Crippen MR) is 121 cm³/mol. The molecule has 4 atom stereocenters. The number of carbonyl (C=O) groups is 6. The third-order valence-corrected chi connectivity index (χ3v) is 4.93. The number of carbonyl (C=O) groups excluding carboxylic acids is 4. The lowest BCUT2D eigenvalue weighted by Crippen LogP contribution is -2.57. The number of hydrogen-bond acceptors (Lipinski definition) is 7. The Morgan fingerprint density at radius 3 is 1.65 bits per heavy atom. The summed E-state index contributed by atoms with van der Waals surface area (Å²) in [5.74, 6) is -5.89. The first-order valence-corrected chi connectivity index (χ1v) is 11.0. The highest BCUT2D eigenvalue weighted by molar-refractivity contribution is 5.94. The Kier molecular flexibility index (Phi) is 13.4. The van der Waals surface area contributed by atoms with Crippen molar-refractivity contribution in [3.8, 4) is 0 Å². The van der Waals surface area contributed by atoms with Crippen LogP contribution in [0.2, 0.25) is 0 Å². The topological polar surface area (TPSA) is 231 Å². The van der Waals surface area contributed by atoms with Crippen LogP contribution in [0.4, 0.5) is 0 Å². The summed E-state index contributed by atoms with van der Waals surface area (Å²) in [6.07, 6.45) is -1.04. The molecule has 0 rings (SSSR count). The molecular weight excluding hydrogens is 450 g/mol. The van der Waals surface area contributed by atoms with Crippen LogP contribution in [0.25, 0.3) is 0 Å². The average Bonchev–Trinajstić information content (AvgIpc) is 2.71. The van der Waals surface area contributed by atoms with E-state index in [1.54, 1.807) is 27.7 Å². The van der Waals surface area contributed by atoms with Crippen molar-refractivity contribution in [1.82, 2.24) is 16.0 Å². The minimum absolute atomic E-state index is 0.0913. The van der Waals surface area contributed by atoms with Gasteiger partial charge in [-0.05, 0) is 31.1 Å². The van der Waals surface area contributed by atoms with Gasteiger partial charge in [0.1, 0.15) is 18.1 Å². The summed E-state index contributed by atoms with van der Waals surface area (Å²) >= 11 is 0. The van der Waals surface area contributed by atoms with Crippen LogP contribution in [-0.4, -0.2) is 69.9 Å². The van der Waals surface area contributed by atoms with Crippen molar-refractivity contribution in [2.75, 3.05) is 0 Å². The van der Waals surface area contributed by atoms with Crippen molar-refractivity contribution in [3.63, 3.8) is 0 Å². The predicted octanol–water partition coefficient (Wildman–Crippen LogP) is -1.31. The second-order valence-corrected chi connectivity index (χ2v) is 8.86. The Morgan fingerprint density at radius 2 is 1.21 bits per heavy atom. The van der Waals surface area contributed by atoms with Gasteiger partial charge in [-0.2, -0.15) is 0 Å². The minimum Gasteiger partial charge on any atom is -0.481 e. The number of carboxylic acid groups (broad SMARTS) is 2. The molecule has 0 radical (unpaired) electrons. The van der Waals surface area contributed by atoms with Gasteiger partial charge >= 0.3 is 11.9 Å². The fourth-order valence-corrected chi connectivity index (χ4v) is 2.90. The Bertz CT molecular complexity index is 755. The van der Waals surface area contributed by atoms with Gasteiger partial charge in [-0.15, -0.1) is 0 Å². The van der Waals surface area contributed by atoms with Crippen molar-refractivity contribution < 1.29 is 39.0 Å². The molecule has 9 N–H and O–H groups in total. The standard InChI is InChI=1S/C21H37N5O8/c1-10(2)9-14(19(31)25-13(21(33)34)5-7-15(22)27)26-18(30)12(6-8-16(28)29)24-20(32)17(23)11(3)4/h10-14,17H,5-9,23H2,1-4H3,(H2,22,27)(H,24,32)(H,25,31)(H,26,30)(H,28,29)(H,33,34). The molecule has 0 heterocycles. The van der Waals surface area contributed by atoms with Crippen molar-refractivity contribution in [2.24, 2.45) is 23.3 Å². The van der Waals surface area contributed by atoms with Gasteiger partial charge in [-0.3, -0.25) is 24.0 Å². The average molecular weight is 488 g/mol. The molecule has 0 fully saturated rings. The number of aliphatic carboxylic acids is 2. The highest BCUT2D eigenvalue weighted by Gasteiger charge is 2.31. The number of primary amides is 1. The second kappa shape index (κ2) is 14.8. The van der Waals surface area contributed by atoms with Crippen LogP contribution in [0, 0.1) is 11.8 Å². The number of rotatable bonds is 16. The van der Waals surface area contributed by atoms with E-state index in [0.717, 1.165) is 0 Å². The second-order valence-electron chi connectivity index (χ2n) is 8.86. The maximum atomic E-state index is 12.9. The Hall–Kier alpha value is -3.22. The Labute approximate surface area is 198 Å². The van der Waals surface area contributed by atoms with Crippen LogP contribution in [-0.2, 0) is 28.8 Å². The van der Waals surface area contributed by atoms with Gasteiger partial charge in [0.25, 0.3) is 0 Å². The number of nitrogens with one attached hydrogen (secondary N) is 3. The van der Waals surface area contributed by atoms with Crippen molar-refractivity contribution in [1.29, 1.82) is 0 Å². The van der Waals surface area contributed by atoms with E-state index in [4.69, 9.17) is 16.6 Å². The molecule has 0 aliphatic heterocycles. The quantitative estimate of drug-likeness (QED) is 0.137. The van der Waals surface area contributed by atoms with E-state index in [0.29, 0.717) is 0 Å². The zero-order valence-corrected chi connectivity index (χ0v) is 20.0. The first-order valence-electron chi connectivity index (χ1n) is 11.0. The maximum absolute atomic E-state index is 12.9. The number of nitrogens with two attached hydrogens (primary N) is 2. The van der Waals surface area contributed by atoms with Gasteiger partial charge < -0.3 is 37.6 Å². The SMILES string of the molecule is CC(C)CC(NC(=O)C(CCC(=O)O)NC(=O)C(N)C(C)C)C(=O)NC(CCC(N)=O)C(=O)O. The fraction of sp³-hybridized carbons (Fsp3) is 0.714. The van der Waals surface area contributed by atoms with E-state index in [1.807, 2.05) is 0 Å². The number of amides is 4. The summed E-state index contributed by atoms with van der Waals surface area (Å²) in [6.45, 7) is 6.96. The first-order chi connectivity index (χ1) is 15.6. The van der Waals surface area contributed by atoms with Gasteiger partial charge in [0.05, 0.1) is 6.04 Å². The minimum atomic E-state index is -1.40. The largest absolute Gasteiger partial charge is 0.481 e.